The Bertz CT molecular complexity index is 365. The largest absolute Gasteiger partial charge is 0.383 e. The van der Waals surface area contributed by atoms with E-state index in [0.29, 0.717) is 5.41 Å². The van der Waals surface area contributed by atoms with Crippen LogP contribution in [0.3, 0.4) is 0 Å². The highest BCUT2D eigenvalue weighted by molar-refractivity contribution is 5.28. The Morgan fingerprint density at radius 2 is 2.06 bits per heavy atom. The highest BCUT2D eigenvalue weighted by atomic mass is 16.5. The first kappa shape index (κ1) is 13.6. The SMILES string of the molecule is CC[C@@H]1CN(CCOC)C[C@@]1(C)c1ccccc1. The Balaban J connectivity index is 2.15. The molecular formula is C16H25NO. The third kappa shape index (κ3) is 2.60. The number of rotatable bonds is 5. The summed E-state index contributed by atoms with van der Waals surface area (Å²) in [5.41, 5.74) is 1.78. The fourth-order valence-corrected chi connectivity index (χ4v) is 3.29. The second-order valence-corrected chi connectivity index (χ2v) is 5.62. The molecule has 2 rings (SSSR count). The maximum Gasteiger partial charge on any atom is 0.0589 e. The molecule has 0 radical (unpaired) electrons. The monoisotopic (exact) mass is 247 g/mol. The summed E-state index contributed by atoms with van der Waals surface area (Å²) in [5, 5.41) is 0. The Kier molecular flexibility index (Phi) is 4.41. The molecule has 100 valence electrons. The van der Waals surface area contributed by atoms with Gasteiger partial charge in [-0.25, -0.2) is 0 Å². The Morgan fingerprint density at radius 3 is 2.67 bits per heavy atom. The van der Waals surface area contributed by atoms with Gasteiger partial charge in [0.05, 0.1) is 6.61 Å². The van der Waals surface area contributed by atoms with Crippen LogP contribution in [0.2, 0.25) is 0 Å². The topological polar surface area (TPSA) is 12.5 Å². The van der Waals surface area contributed by atoms with E-state index < -0.39 is 0 Å². The summed E-state index contributed by atoms with van der Waals surface area (Å²) in [4.78, 5) is 2.55. The Morgan fingerprint density at radius 1 is 1.33 bits per heavy atom. The van der Waals surface area contributed by atoms with E-state index in [-0.39, 0.29) is 0 Å². The summed E-state index contributed by atoms with van der Waals surface area (Å²) in [7, 11) is 1.78. The number of benzene rings is 1. The van der Waals surface area contributed by atoms with Gasteiger partial charge in [0.1, 0.15) is 0 Å². The normalized spacial score (nSPS) is 28.7. The molecule has 0 unspecified atom stereocenters. The number of hydrogen-bond donors (Lipinski definition) is 0. The van der Waals surface area contributed by atoms with Gasteiger partial charge in [-0.1, -0.05) is 50.6 Å². The van der Waals surface area contributed by atoms with Crippen LogP contribution < -0.4 is 0 Å². The number of hydrogen-bond acceptors (Lipinski definition) is 2. The van der Waals surface area contributed by atoms with Crippen molar-refractivity contribution in [1.82, 2.24) is 4.90 Å². The second kappa shape index (κ2) is 5.85. The highest BCUT2D eigenvalue weighted by Gasteiger charge is 2.42. The van der Waals surface area contributed by atoms with E-state index in [1.54, 1.807) is 7.11 Å². The van der Waals surface area contributed by atoms with Crippen LogP contribution in [0.25, 0.3) is 0 Å². The predicted octanol–water partition coefficient (Wildman–Crippen LogP) is 2.93. The molecule has 1 heterocycles. The smallest absolute Gasteiger partial charge is 0.0589 e. The molecule has 2 nitrogen and oxygen atoms in total. The zero-order valence-electron chi connectivity index (χ0n) is 11.9. The van der Waals surface area contributed by atoms with Crippen LogP contribution in [0.15, 0.2) is 30.3 Å². The molecule has 1 fully saturated rings. The first-order chi connectivity index (χ1) is 8.70. The number of ether oxygens (including phenoxy) is 1. The lowest BCUT2D eigenvalue weighted by molar-refractivity contribution is 0.157. The molecule has 2 atom stereocenters. The molecule has 2 heteroatoms. The summed E-state index contributed by atoms with van der Waals surface area (Å²) >= 11 is 0. The zero-order chi connectivity index (χ0) is 13.0. The highest BCUT2D eigenvalue weighted by Crippen LogP contribution is 2.40. The summed E-state index contributed by atoms with van der Waals surface area (Å²) in [5.74, 6) is 0.747. The van der Waals surface area contributed by atoms with Crippen LogP contribution >= 0.6 is 0 Å². The average molecular weight is 247 g/mol. The van der Waals surface area contributed by atoms with Gasteiger partial charge < -0.3 is 4.74 Å². The van der Waals surface area contributed by atoms with Crippen molar-refractivity contribution in [3.05, 3.63) is 35.9 Å². The van der Waals surface area contributed by atoms with E-state index in [9.17, 15) is 0 Å². The quantitative estimate of drug-likeness (QED) is 0.793. The van der Waals surface area contributed by atoms with Crippen LogP contribution in [0.1, 0.15) is 25.8 Å². The van der Waals surface area contributed by atoms with Gasteiger partial charge in [0.15, 0.2) is 0 Å². The van der Waals surface area contributed by atoms with Crippen LogP contribution in [0.4, 0.5) is 0 Å². The van der Waals surface area contributed by atoms with Crippen LogP contribution in [0, 0.1) is 5.92 Å². The fraction of sp³-hybridized carbons (Fsp3) is 0.625. The lowest BCUT2D eigenvalue weighted by Crippen LogP contribution is -2.32. The van der Waals surface area contributed by atoms with Crippen molar-refractivity contribution in [3.8, 4) is 0 Å². The van der Waals surface area contributed by atoms with E-state index in [0.717, 1.165) is 25.6 Å². The lowest BCUT2D eigenvalue weighted by Gasteiger charge is -2.30. The molecule has 0 amide bonds. The first-order valence-electron chi connectivity index (χ1n) is 6.97. The molecule has 0 aliphatic carbocycles. The second-order valence-electron chi connectivity index (χ2n) is 5.62. The molecule has 0 aromatic heterocycles. The zero-order valence-corrected chi connectivity index (χ0v) is 11.9. The van der Waals surface area contributed by atoms with Crippen LogP contribution in [-0.2, 0) is 10.2 Å². The van der Waals surface area contributed by atoms with Crippen LogP contribution in [-0.4, -0.2) is 38.3 Å². The number of likely N-dealkylation sites (tertiary alicyclic amines) is 1. The maximum atomic E-state index is 5.20. The number of methoxy groups -OCH3 is 1. The van der Waals surface area contributed by atoms with Crippen molar-refractivity contribution in [1.29, 1.82) is 0 Å². The number of nitrogens with zero attached hydrogens (tertiary/aromatic N) is 1. The fourth-order valence-electron chi connectivity index (χ4n) is 3.29. The van der Waals surface area contributed by atoms with Gasteiger partial charge in [0, 0.05) is 32.2 Å². The van der Waals surface area contributed by atoms with Gasteiger partial charge in [-0.05, 0) is 11.5 Å². The van der Waals surface area contributed by atoms with Gasteiger partial charge in [0.25, 0.3) is 0 Å². The lowest BCUT2D eigenvalue weighted by atomic mass is 9.73. The van der Waals surface area contributed by atoms with E-state index >= 15 is 0 Å². The van der Waals surface area contributed by atoms with Crippen molar-refractivity contribution in [3.63, 3.8) is 0 Å². The molecule has 0 spiro atoms. The first-order valence-corrected chi connectivity index (χ1v) is 6.97. The van der Waals surface area contributed by atoms with Crippen molar-refractivity contribution >= 4 is 0 Å². The molecule has 1 aromatic carbocycles. The van der Waals surface area contributed by atoms with E-state index in [1.807, 2.05) is 0 Å². The van der Waals surface area contributed by atoms with E-state index in [2.05, 4.69) is 49.1 Å². The Labute approximate surface area is 111 Å². The summed E-state index contributed by atoms with van der Waals surface area (Å²) < 4.78 is 5.20. The maximum absolute atomic E-state index is 5.20. The predicted molar refractivity (Wildman–Crippen MR) is 75.9 cm³/mol. The minimum atomic E-state index is 0.295. The molecule has 1 aliphatic rings. The summed E-state index contributed by atoms with van der Waals surface area (Å²) in [6.07, 6.45) is 1.24. The summed E-state index contributed by atoms with van der Waals surface area (Å²) in [6, 6.07) is 11.0. The minimum absolute atomic E-state index is 0.295. The Hall–Kier alpha value is -0.860. The molecule has 18 heavy (non-hydrogen) atoms. The molecule has 0 N–H and O–H groups in total. The van der Waals surface area contributed by atoms with Gasteiger partial charge in [-0.3, -0.25) is 4.90 Å². The molecule has 1 aromatic rings. The van der Waals surface area contributed by atoms with Gasteiger partial charge >= 0.3 is 0 Å². The van der Waals surface area contributed by atoms with Gasteiger partial charge in [-0.2, -0.15) is 0 Å². The third-order valence-electron chi connectivity index (χ3n) is 4.47. The standard InChI is InChI=1S/C16H25NO/c1-4-14-12-17(10-11-18-3)13-16(14,2)15-8-6-5-7-9-15/h5-9,14H,4,10-13H2,1-3H3/t14-,16-/m1/s1. The molecule has 0 saturated carbocycles. The molecular weight excluding hydrogens is 222 g/mol. The van der Waals surface area contributed by atoms with Crippen molar-refractivity contribution < 1.29 is 4.74 Å². The average Bonchev–Trinajstić information content (AvgIpc) is 2.75. The molecule has 1 aliphatic heterocycles. The molecule has 0 bridgehead atoms. The van der Waals surface area contributed by atoms with Gasteiger partial charge in [0.2, 0.25) is 0 Å². The van der Waals surface area contributed by atoms with Crippen LogP contribution in [0.5, 0.6) is 0 Å². The minimum Gasteiger partial charge on any atom is -0.383 e. The van der Waals surface area contributed by atoms with E-state index in [1.165, 1.54) is 18.5 Å². The summed E-state index contributed by atoms with van der Waals surface area (Å²) in [6.45, 7) is 8.97. The van der Waals surface area contributed by atoms with Crippen molar-refractivity contribution in [2.75, 3.05) is 33.4 Å². The van der Waals surface area contributed by atoms with Crippen molar-refractivity contribution in [2.24, 2.45) is 5.92 Å². The van der Waals surface area contributed by atoms with Crippen molar-refractivity contribution in [2.45, 2.75) is 25.7 Å². The van der Waals surface area contributed by atoms with Gasteiger partial charge in [-0.15, -0.1) is 0 Å². The van der Waals surface area contributed by atoms with E-state index in [4.69, 9.17) is 4.74 Å². The molecule has 1 saturated heterocycles. The third-order valence-corrected chi connectivity index (χ3v) is 4.47.